The van der Waals surface area contributed by atoms with Crippen LogP contribution in [0.3, 0.4) is 0 Å². The molecule has 3 N–H and O–H groups in total. The predicted molar refractivity (Wildman–Crippen MR) is 79.5 cm³/mol. The lowest BCUT2D eigenvalue weighted by atomic mass is 9.97. The molecule has 0 saturated heterocycles. The molecule has 0 radical (unpaired) electrons. The quantitative estimate of drug-likeness (QED) is 0.562. The van der Waals surface area contributed by atoms with Crippen LogP contribution in [0.15, 0.2) is 18.2 Å². The summed E-state index contributed by atoms with van der Waals surface area (Å²) in [5.41, 5.74) is 4.20. The standard InChI is InChI=1S/C13H18ClN3O4/c1-3-16-13(2,12(15)18)7-8-21-11-9(14)5-4-6-10(11)17(19)20/h4-6,16H,3,7-8H2,1-2H3,(H2,15,18). The molecule has 1 unspecified atom stereocenters. The van der Waals surface area contributed by atoms with Crippen molar-refractivity contribution in [3.63, 3.8) is 0 Å². The lowest BCUT2D eigenvalue weighted by Gasteiger charge is -2.26. The highest BCUT2D eigenvalue weighted by Crippen LogP contribution is 2.34. The Kier molecular flexibility index (Phi) is 5.92. The first-order chi connectivity index (χ1) is 9.81. The van der Waals surface area contributed by atoms with Crippen molar-refractivity contribution in [2.45, 2.75) is 25.8 Å². The molecule has 0 aliphatic heterocycles. The number of likely N-dealkylation sites (N-methyl/N-ethyl adjacent to an activating group) is 1. The largest absolute Gasteiger partial charge is 0.486 e. The van der Waals surface area contributed by atoms with Crippen molar-refractivity contribution >= 4 is 23.2 Å². The van der Waals surface area contributed by atoms with E-state index in [-0.39, 0.29) is 29.5 Å². The minimum absolute atomic E-state index is 0.00696. The highest BCUT2D eigenvalue weighted by atomic mass is 35.5. The van der Waals surface area contributed by atoms with Crippen molar-refractivity contribution < 1.29 is 14.5 Å². The van der Waals surface area contributed by atoms with E-state index in [1.54, 1.807) is 6.92 Å². The molecule has 0 aromatic heterocycles. The summed E-state index contributed by atoms with van der Waals surface area (Å²) >= 11 is 5.91. The maximum Gasteiger partial charge on any atom is 0.312 e. The lowest BCUT2D eigenvalue weighted by Crippen LogP contribution is -2.53. The number of rotatable bonds is 8. The molecule has 0 spiro atoms. The van der Waals surface area contributed by atoms with E-state index in [2.05, 4.69) is 5.32 Å². The van der Waals surface area contributed by atoms with Crippen LogP contribution < -0.4 is 15.8 Å². The molecule has 1 amide bonds. The zero-order chi connectivity index (χ0) is 16.0. The summed E-state index contributed by atoms with van der Waals surface area (Å²) in [5.74, 6) is -0.519. The van der Waals surface area contributed by atoms with Gasteiger partial charge in [-0.2, -0.15) is 0 Å². The molecule has 1 aromatic carbocycles. The van der Waals surface area contributed by atoms with Gasteiger partial charge in [-0.1, -0.05) is 24.6 Å². The Morgan fingerprint density at radius 3 is 2.76 bits per heavy atom. The molecule has 1 rings (SSSR count). The number of carbonyl (C=O) groups excluding carboxylic acids is 1. The van der Waals surface area contributed by atoms with Crippen molar-refractivity contribution in [2.24, 2.45) is 5.73 Å². The summed E-state index contributed by atoms with van der Waals surface area (Å²) in [6.45, 7) is 4.13. The van der Waals surface area contributed by atoms with Crippen LogP contribution in [0, 0.1) is 10.1 Å². The maximum absolute atomic E-state index is 11.5. The van der Waals surface area contributed by atoms with E-state index < -0.39 is 16.4 Å². The molecule has 1 atom stereocenters. The van der Waals surface area contributed by atoms with E-state index in [1.807, 2.05) is 6.92 Å². The number of hydrogen-bond acceptors (Lipinski definition) is 5. The summed E-state index contributed by atoms with van der Waals surface area (Å²) in [4.78, 5) is 21.8. The van der Waals surface area contributed by atoms with Gasteiger partial charge in [-0.15, -0.1) is 0 Å². The van der Waals surface area contributed by atoms with Crippen LogP contribution in [-0.2, 0) is 4.79 Å². The monoisotopic (exact) mass is 315 g/mol. The topological polar surface area (TPSA) is 107 Å². The molecule has 0 fully saturated rings. The predicted octanol–water partition coefficient (Wildman–Crippen LogP) is 1.87. The van der Waals surface area contributed by atoms with Gasteiger partial charge in [0.15, 0.2) is 0 Å². The molecule has 7 nitrogen and oxygen atoms in total. The molecule has 8 heteroatoms. The third-order valence-electron chi connectivity index (χ3n) is 3.10. The fourth-order valence-corrected chi connectivity index (χ4v) is 2.05. The second-order valence-corrected chi connectivity index (χ2v) is 5.08. The number of nitrogens with two attached hydrogens (primary N) is 1. The molecule has 0 aliphatic rings. The number of amides is 1. The average Bonchev–Trinajstić information content (AvgIpc) is 2.40. The molecular formula is C13H18ClN3O4. The van der Waals surface area contributed by atoms with Crippen LogP contribution in [0.4, 0.5) is 5.69 Å². The fraction of sp³-hybridized carbons (Fsp3) is 0.462. The number of halogens is 1. The fourth-order valence-electron chi connectivity index (χ4n) is 1.83. The number of nitro groups is 1. The number of benzene rings is 1. The van der Waals surface area contributed by atoms with Gasteiger partial charge in [0, 0.05) is 12.5 Å². The Hall–Kier alpha value is -1.86. The van der Waals surface area contributed by atoms with E-state index in [1.165, 1.54) is 18.2 Å². The number of nitrogens with zero attached hydrogens (tertiary/aromatic N) is 1. The third-order valence-corrected chi connectivity index (χ3v) is 3.40. The molecule has 0 heterocycles. The van der Waals surface area contributed by atoms with Crippen molar-refractivity contribution in [3.05, 3.63) is 33.3 Å². The van der Waals surface area contributed by atoms with E-state index in [0.717, 1.165) is 0 Å². The molecule has 1 aromatic rings. The molecular weight excluding hydrogens is 298 g/mol. The van der Waals surface area contributed by atoms with Crippen LogP contribution >= 0.6 is 11.6 Å². The van der Waals surface area contributed by atoms with Gasteiger partial charge in [0.2, 0.25) is 11.7 Å². The molecule has 0 saturated carbocycles. The smallest absolute Gasteiger partial charge is 0.312 e. The van der Waals surface area contributed by atoms with Gasteiger partial charge in [0.1, 0.15) is 0 Å². The lowest BCUT2D eigenvalue weighted by molar-refractivity contribution is -0.385. The second kappa shape index (κ2) is 7.24. The highest BCUT2D eigenvalue weighted by Gasteiger charge is 2.30. The second-order valence-electron chi connectivity index (χ2n) is 4.67. The van der Waals surface area contributed by atoms with Crippen molar-refractivity contribution in [1.82, 2.24) is 5.32 Å². The van der Waals surface area contributed by atoms with Crippen LogP contribution in [0.2, 0.25) is 5.02 Å². The van der Waals surface area contributed by atoms with Crippen molar-refractivity contribution in [2.75, 3.05) is 13.2 Å². The Balaban J connectivity index is 2.80. The van der Waals surface area contributed by atoms with Gasteiger partial charge in [0.25, 0.3) is 0 Å². The maximum atomic E-state index is 11.5. The number of para-hydroxylation sites is 1. The highest BCUT2D eigenvalue weighted by molar-refractivity contribution is 6.32. The first-order valence-electron chi connectivity index (χ1n) is 6.42. The summed E-state index contributed by atoms with van der Waals surface area (Å²) in [6, 6.07) is 4.28. The molecule has 0 aliphatic carbocycles. The van der Waals surface area contributed by atoms with E-state index in [9.17, 15) is 14.9 Å². The number of primary amides is 1. The Labute approximate surface area is 127 Å². The van der Waals surface area contributed by atoms with Gasteiger partial charge in [-0.05, 0) is 19.5 Å². The number of ether oxygens (including phenoxy) is 1. The number of nitrogens with one attached hydrogen (secondary N) is 1. The van der Waals surface area contributed by atoms with E-state index >= 15 is 0 Å². The number of hydrogen-bond donors (Lipinski definition) is 2. The normalized spacial score (nSPS) is 13.5. The molecule has 0 bridgehead atoms. The van der Waals surface area contributed by atoms with Crippen LogP contribution in [-0.4, -0.2) is 29.5 Å². The first-order valence-corrected chi connectivity index (χ1v) is 6.80. The third kappa shape index (κ3) is 4.30. The average molecular weight is 316 g/mol. The minimum atomic E-state index is -0.940. The number of carbonyl (C=O) groups is 1. The SMILES string of the molecule is CCNC(C)(CCOc1c(Cl)cccc1[N+](=O)[O-])C(N)=O. The summed E-state index contributed by atoms with van der Waals surface area (Å²) < 4.78 is 5.40. The minimum Gasteiger partial charge on any atom is -0.486 e. The van der Waals surface area contributed by atoms with E-state index in [4.69, 9.17) is 22.1 Å². The first kappa shape index (κ1) is 17.2. The Morgan fingerprint density at radius 1 is 1.57 bits per heavy atom. The van der Waals surface area contributed by atoms with Crippen LogP contribution in [0.25, 0.3) is 0 Å². The Bertz CT molecular complexity index is 538. The summed E-state index contributed by atoms with van der Waals surface area (Å²) in [6.07, 6.45) is 0.262. The van der Waals surface area contributed by atoms with E-state index in [0.29, 0.717) is 6.54 Å². The zero-order valence-electron chi connectivity index (χ0n) is 11.9. The zero-order valence-corrected chi connectivity index (χ0v) is 12.6. The number of nitro benzene ring substituents is 1. The van der Waals surface area contributed by atoms with Crippen molar-refractivity contribution in [3.8, 4) is 5.75 Å². The van der Waals surface area contributed by atoms with Gasteiger partial charge >= 0.3 is 5.69 Å². The van der Waals surface area contributed by atoms with Gasteiger partial charge in [0.05, 0.1) is 22.1 Å². The summed E-state index contributed by atoms with van der Waals surface area (Å²) in [5, 5.41) is 14.0. The van der Waals surface area contributed by atoms with Gasteiger partial charge in [-0.3, -0.25) is 14.9 Å². The molecule has 116 valence electrons. The van der Waals surface area contributed by atoms with Crippen LogP contribution in [0.1, 0.15) is 20.3 Å². The van der Waals surface area contributed by atoms with Gasteiger partial charge < -0.3 is 15.8 Å². The van der Waals surface area contributed by atoms with Crippen molar-refractivity contribution in [1.29, 1.82) is 0 Å². The molecule has 21 heavy (non-hydrogen) atoms. The van der Waals surface area contributed by atoms with Gasteiger partial charge in [-0.25, -0.2) is 0 Å². The Morgan fingerprint density at radius 2 is 2.24 bits per heavy atom. The summed E-state index contributed by atoms with van der Waals surface area (Å²) in [7, 11) is 0. The van der Waals surface area contributed by atoms with Crippen LogP contribution in [0.5, 0.6) is 5.75 Å².